The van der Waals surface area contributed by atoms with Crippen molar-refractivity contribution in [1.82, 2.24) is 4.90 Å². The molecule has 1 aromatic carbocycles. The highest BCUT2D eigenvalue weighted by Crippen LogP contribution is 2.32. The summed E-state index contributed by atoms with van der Waals surface area (Å²) in [6, 6.07) is 3.56. The molecule has 0 heterocycles. The first-order chi connectivity index (χ1) is 10.3. The first-order valence-corrected chi connectivity index (χ1v) is 7.31. The fourth-order valence-electron chi connectivity index (χ4n) is 2.24. The number of rotatable bonds is 5. The van der Waals surface area contributed by atoms with Gasteiger partial charge in [-0.05, 0) is 38.0 Å². The standard InChI is InChI=1S/C15H17ClN2O4/c1-8(15(21)22)18(11-4-5-11)14(20)12-7-10(17-9(2)19)3-6-13(12)16/h3,6-8,11H,4-5H2,1-2H3,(H,17,19)(H,21,22). The Morgan fingerprint density at radius 3 is 2.50 bits per heavy atom. The number of anilines is 1. The van der Waals surface area contributed by atoms with Gasteiger partial charge in [0.05, 0.1) is 10.6 Å². The Kier molecular flexibility index (Phi) is 4.71. The van der Waals surface area contributed by atoms with E-state index in [1.165, 1.54) is 30.9 Å². The second-order valence-corrected chi connectivity index (χ2v) is 5.74. The van der Waals surface area contributed by atoms with Crippen molar-refractivity contribution in [3.63, 3.8) is 0 Å². The summed E-state index contributed by atoms with van der Waals surface area (Å²) in [5.74, 6) is -1.76. The highest BCUT2D eigenvalue weighted by Gasteiger charge is 2.39. The van der Waals surface area contributed by atoms with E-state index in [4.69, 9.17) is 11.6 Å². The van der Waals surface area contributed by atoms with Crippen molar-refractivity contribution < 1.29 is 19.5 Å². The summed E-state index contributed by atoms with van der Waals surface area (Å²) >= 11 is 6.07. The normalized spacial score (nSPS) is 15.0. The van der Waals surface area contributed by atoms with Crippen LogP contribution in [0.5, 0.6) is 0 Å². The van der Waals surface area contributed by atoms with Gasteiger partial charge in [0.1, 0.15) is 6.04 Å². The van der Waals surface area contributed by atoms with E-state index < -0.39 is 17.9 Å². The van der Waals surface area contributed by atoms with Gasteiger partial charge in [-0.25, -0.2) is 4.79 Å². The zero-order valence-corrected chi connectivity index (χ0v) is 13.1. The number of carboxylic acids is 1. The zero-order valence-electron chi connectivity index (χ0n) is 12.3. The smallest absolute Gasteiger partial charge is 0.326 e. The molecule has 118 valence electrons. The van der Waals surface area contributed by atoms with Gasteiger partial charge in [0.2, 0.25) is 5.91 Å². The van der Waals surface area contributed by atoms with E-state index in [2.05, 4.69) is 5.32 Å². The van der Waals surface area contributed by atoms with Crippen molar-refractivity contribution in [2.75, 3.05) is 5.32 Å². The molecule has 7 heteroatoms. The number of hydrogen-bond donors (Lipinski definition) is 2. The largest absolute Gasteiger partial charge is 0.480 e. The molecule has 1 aromatic rings. The van der Waals surface area contributed by atoms with Crippen LogP contribution in [-0.4, -0.2) is 39.9 Å². The molecule has 2 amide bonds. The Labute approximate surface area is 133 Å². The third kappa shape index (κ3) is 3.57. The predicted octanol–water partition coefficient (Wildman–Crippen LogP) is 2.38. The summed E-state index contributed by atoms with van der Waals surface area (Å²) in [5, 5.41) is 12.0. The van der Waals surface area contributed by atoms with Gasteiger partial charge < -0.3 is 15.3 Å². The van der Waals surface area contributed by atoms with Gasteiger partial charge in [-0.1, -0.05) is 11.6 Å². The number of aliphatic carboxylic acids is 1. The van der Waals surface area contributed by atoms with E-state index >= 15 is 0 Å². The molecule has 0 radical (unpaired) electrons. The van der Waals surface area contributed by atoms with Gasteiger partial charge in [0.15, 0.2) is 0 Å². The van der Waals surface area contributed by atoms with E-state index in [0.29, 0.717) is 5.69 Å². The zero-order chi connectivity index (χ0) is 16.4. The molecule has 0 aromatic heterocycles. The Morgan fingerprint density at radius 2 is 2.00 bits per heavy atom. The molecule has 2 N–H and O–H groups in total. The minimum Gasteiger partial charge on any atom is -0.480 e. The molecule has 0 aliphatic heterocycles. The lowest BCUT2D eigenvalue weighted by Gasteiger charge is -2.27. The van der Waals surface area contributed by atoms with Gasteiger partial charge in [-0.3, -0.25) is 9.59 Å². The van der Waals surface area contributed by atoms with Gasteiger partial charge in [-0.15, -0.1) is 0 Å². The SMILES string of the molecule is CC(=O)Nc1ccc(Cl)c(C(=O)N(C2CC2)C(C)C(=O)O)c1. The summed E-state index contributed by atoms with van der Waals surface area (Å²) in [6.45, 7) is 2.84. The Balaban J connectivity index is 2.33. The maximum Gasteiger partial charge on any atom is 0.326 e. The molecule has 1 unspecified atom stereocenters. The lowest BCUT2D eigenvalue weighted by Crippen LogP contribution is -2.44. The Bertz CT molecular complexity index is 628. The summed E-state index contributed by atoms with van der Waals surface area (Å²) in [6.07, 6.45) is 1.57. The second kappa shape index (κ2) is 6.36. The molecule has 2 rings (SSSR count). The predicted molar refractivity (Wildman–Crippen MR) is 82.0 cm³/mol. The van der Waals surface area contributed by atoms with Crippen LogP contribution in [0, 0.1) is 0 Å². The average molecular weight is 325 g/mol. The quantitative estimate of drug-likeness (QED) is 0.870. The molecule has 0 spiro atoms. The van der Waals surface area contributed by atoms with Crippen molar-refractivity contribution >= 4 is 35.1 Å². The first kappa shape index (κ1) is 16.3. The molecule has 1 saturated carbocycles. The fraction of sp³-hybridized carbons (Fsp3) is 0.400. The molecule has 1 aliphatic rings. The van der Waals surface area contributed by atoms with Crippen molar-refractivity contribution in [1.29, 1.82) is 0 Å². The summed E-state index contributed by atoms with van der Waals surface area (Å²) in [4.78, 5) is 36.4. The molecule has 22 heavy (non-hydrogen) atoms. The highest BCUT2D eigenvalue weighted by molar-refractivity contribution is 6.34. The van der Waals surface area contributed by atoms with Gasteiger partial charge >= 0.3 is 5.97 Å². The van der Waals surface area contributed by atoms with E-state index in [1.54, 1.807) is 6.07 Å². The van der Waals surface area contributed by atoms with Crippen molar-refractivity contribution in [2.45, 2.75) is 38.8 Å². The van der Waals surface area contributed by atoms with Gasteiger partial charge in [0, 0.05) is 18.7 Å². The number of benzene rings is 1. The molecular formula is C15H17ClN2O4. The number of nitrogens with one attached hydrogen (secondary N) is 1. The van der Waals surface area contributed by atoms with Gasteiger partial charge in [0.25, 0.3) is 5.91 Å². The first-order valence-electron chi connectivity index (χ1n) is 6.94. The molecule has 6 nitrogen and oxygen atoms in total. The van der Waals surface area contributed by atoms with Crippen LogP contribution in [0.25, 0.3) is 0 Å². The van der Waals surface area contributed by atoms with E-state index in [9.17, 15) is 19.5 Å². The Morgan fingerprint density at radius 1 is 1.36 bits per heavy atom. The minimum atomic E-state index is -1.06. The average Bonchev–Trinajstić information content (AvgIpc) is 3.24. The van der Waals surface area contributed by atoms with Crippen molar-refractivity contribution in [3.8, 4) is 0 Å². The number of nitrogens with zero attached hydrogens (tertiary/aromatic N) is 1. The minimum absolute atomic E-state index is 0.0703. The van der Waals surface area contributed by atoms with E-state index in [0.717, 1.165) is 12.8 Å². The number of hydrogen-bond acceptors (Lipinski definition) is 3. The maximum atomic E-state index is 12.7. The van der Waals surface area contributed by atoms with Crippen LogP contribution in [0.4, 0.5) is 5.69 Å². The summed E-state index contributed by atoms with van der Waals surface area (Å²) in [5.41, 5.74) is 0.631. The molecule has 0 saturated heterocycles. The van der Waals surface area contributed by atoms with Crippen molar-refractivity contribution in [3.05, 3.63) is 28.8 Å². The lowest BCUT2D eigenvalue weighted by atomic mass is 10.1. The number of carboxylic acid groups (broad SMARTS) is 1. The van der Waals surface area contributed by atoms with Crippen LogP contribution in [0.1, 0.15) is 37.0 Å². The fourth-order valence-corrected chi connectivity index (χ4v) is 2.44. The topological polar surface area (TPSA) is 86.7 Å². The highest BCUT2D eigenvalue weighted by atomic mass is 35.5. The lowest BCUT2D eigenvalue weighted by molar-refractivity contribution is -0.141. The third-order valence-corrected chi connectivity index (χ3v) is 3.80. The van der Waals surface area contributed by atoms with Crippen LogP contribution in [0.15, 0.2) is 18.2 Å². The van der Waals surface area contributed by atoms with Crippen LogP contribution in [0.3, 0.4) is 0 Å². The molecule has 1 fully saturated rings. The third-order valence-electron chi connectivity index (χ3n) is 3.47. The van der Waals surface area contributed by atoms with Gasteiger partial charge in [-0.2, -0.15) is 0 Å². The van der Waals surface area contributed by atoms with E-state index in [1.807, 2.05) is 0 Å². The monoisotopic (exact) mass is 324 g/mol. The number of halogens is 1. The van der Waals surface area contributed by atoms with E-state index in [-0.39, 0.29) is 22.5 Å². The Hall–Kier alpha value is -2.08. The molecule has 0 bridgehead atoms. The summed E-state index contributed by atoms with van der Waals surface area (Å²) < 4.78 is 0. The summed E-state index contributed by atoms with van der Waals surface area (Å²) in [7, 11) is 0. The van der Waals surface area contributed by atoms with Crippen LogP contribution < -0.4 is 5.32 Å². The molecule has 1 aliphatic carbocycles. The number of carbonyl (C=O) groups is 3. The number of amides is 2. The van der Waals surface area contributed by atoms with Crippen LogP contribution in [-0.2, 0) is 9.59 Å². The van der Waals surface area contributed by atoms with Crippen LogP contribution >= 0.6 is 11.6 Å². The molecular weight excluding hydrogens is 308 g/mol. The maximum absolute atomic E-state index is 12.7. The number of carbonyl (C=O) groups excluding carboxylic acids is 2. The van der Waals surface area contributed by atoms with Crippen LogP contribution in [0.2, 0.25) is 5.02 Å². The second-order valence-electron chi connectivity index (χ2n) is 5.33. The molecule has 1 atom stereocenters. The van der Waals surface area contributed by atoms with Crippen molar-refractivity contribution in [2.24, 2.45) is 0 Å².